The van der Waals surface area contributed by atoms with Crippen LogP contribution in [0, 0.1) is 30.1 Å². The van der Waals surface area contributed by atoms with Crippen molar-refractivity contribution in [1.29, 1.82) is 5.26 Å². The van der Waals surface area contributed by atoms with Crippen LogP contribution in [0.5, 0.6) is 0 Å². The molecule has 35 heavy (non-hydrogen) atoms. The second-order valence-corrected chi connectivity index (χ2v) is 10.1. The third kappa shape index (κ3) is 2.90. The fourth-order valence-electron chi connectivity index (χ4n) is 6.63. The van der Waals surface area contributed by atoms with Gasteiger partial charge in [0.25, 0.3) is 5.56 Å². The van der Waals surface area contributed by atoms with E-state index in [1.807, 2.05) is 44.2 Å². The zero-order valence-corrected chi connectivity index (χ0v) is 19.7. The van der Waals surface area contributed by atoms with E-state index in [-0.39, 0.29) is 17.4 Å². The Labute approximate surface area is 202 Å². The summed E-state index contributed by atoms with van der Waals surface area (Å²) in [5, 5.41) is 10.9. The molecule has 0 radical (unpaired) electrons. The Kier molecular flexibility index (Phi) is 4.58. The number of hydrogen-bond donors (Lipinski definition) is 0. The summed E-state index contributed by atoms with van der Waals surface area (Å²) in [5.41, 5.74) is 0.271. The zero-order valence-electron chi connectivity index (χ0n) is 19.7. The van der Waals surface area contributed by atoms with Gasteiger partial charge in [0.2, 0.25) is 11.8 Å². The summed E-state index contributed by atoms with van der Waals surface area (Å²) in [6, 6.07) is 18.1. The van der Waals surface area contributed by atoms with Gasteiger partial charge in [0.1, 0.15) is 0 Å². The number of fused-ring (bicyclic) bond motifs is 6. The monoisotopic (exact) mass is 467 g/mol. The van der Waals surface area contributed by atoms with Crippen LogP contribution >= 0.6 is 0 Å². The number of anilines is 1. The third-order valence-electron chi connectivity index (χ3n) is 8.30. The van der Waals surface area contributed by atoms with Crippen LogP contribution < -0.4 is 10.5 Å². The molecule has 1 aromatic heterocycles. The molecule has 3 saturated heterocycles. The fourth-order valence-corrected chi connectivity index (χ4v) is 6.63. The molecule has 3 aliphatic rings. The smallest absolute Gasteiger partial charge is 0.250 e. The maximum atomic E-state index is 14.0. The molecular weight excluding hydrogens is 442 g/mol. The summed E-state index contributed by atoms with van der Waals surface area (Å²) in [6.07, 6.45) is 1.85. The quantitative estimate of drug-likeness (QED) is 0.546. The Morgan fingerprint density at radius 3 is 2.46 bits per heavy atom. The van der Waals surface area contributed by atoms with Gasteiger partial charge in [-0.3, -0.25) is 14.4 Å². The van der Waals surface area contributed by atoms with E-state index in [2.05, 4.69) is 6.07 Å². The molecule has 7 nitrogen and oxygen atoms in total. The van der Waals surface area contributed by atoms with Crippen LogP contribution in [0.1, 0.15) is 37.4 Å². The zero-order chi connectivity index (χ0) is 24.5. The van der Waals surface area contributed by atoms with E-state index in [0.29, 0.717) is 47.8 Å². The predicted molar refractivity (Wildman–Crippen MR) is 130 cm³/mol. The number of nitriles is 1. The van der Waals surface area contributed by atoms with E-state index in [0.717, 1.165) is 5.69 Å². The maximum Gasteiger partial charge on any atom is 0.250 e. The second kappa shape index (κ2) is 7.37. The number of aromatic nitrogens is 1. The average molecular weight is 468 g/mol. The molecule has 0 unspecified atom stereocenters. The summed E-state index contributed by atoms with van der Waals surface area (Å²) in [6.45, 7) is 4.25. The first kappa shape index (κ1) is 21.8. The molecule has 0 N–H and O–H groups in total. The molecule has 0 aliphatic carbocycles. The van der Waals surface area contributed by atoms with Gasteiger partial charge in [-0.2, -0.15) is 5.26 Å². The number of amides is 2. The molecule has 2 aromatic carbocycles. The number of carbonyl (C=O) groups excluding carboxylic acids is 2. The van der Waals surface area contributed by atoms with Crippen LogP contribution in [0.25, 0.3) is 10.8 Å². The van der Waals surface area contributed by atoms with E-state index < -0.39 is 23.0 Å². The molecule has 3 aromatic rings. The lowest BCUT2D eigenvalue weighted by atomic mass is 9.67. The van der Waals surface area contributed by atoms with E-state index in [4.69, 9.17) is 4.74 Å². The van der Waals surface area contributed by atoms with Gasteiger partial charge < -0.3 is 9.30 Å². The van der Waals surface area contributed by atoms with Crippen LogP contribution in [0.4, 0.5) is 5.69 Å². The highest BCUT2D eigenvalue weighted by Crippen LogP contribution is 2.62. The van der Waals surface area contributed by atoms with Gasteiger partial charge in [0.05, 0.1) is 40.4 Å². The Morgan fingerprint density at radius 1 is 0.971 bits per heavy atom. The molecule has 4 heterocycles. The van der Waals surface area contributed by atoms with Crippen LogP contribution in [-0.2, 0) is 20.9 Å². The molecule has 4 atom stereocenters. The lowest BCUT2D eigenvalue weighted by Crippen LogP contribution is -2.43. The molecule has 6 rings (SSSR count). The van der Waals surface area contributed by atoms with Crippen molar-refractivity contribution in [1.82, 2.24) is 4.57 Å². The number of nitrogens with zero attached hydrogens (tertiary/aromatic N) is 3. The van der Waals surface area contributed by atoms with Crippen LogP contribution in [0.3, 0.4) is 0 Å². The van der Waals surface area contributed by atoms with Crippen LogP contribution in [0.2, 0.25) is 0 Å². The van der Waals surface area contributed by atoms with Gasteiger partial charge in [-0.05, 0) is 51.3 Å². The Morgan fingerprint density at radius 2 is 1.71 bits per heavy atom. The second-order valence-electron chi connectivity index (χ2n) is 10.1. The fraction of sp³-hybridized carbons (Fsp3) is 0.357. The molecule has 0 saturated carbocycles. The van der Waals surface area contributed by atoms with Crippen LogP contribution in [-0.4, -0.2) is 27.6 Å². The molecule has 3 aliphatic heterocycles. The number of carbonyl (C=O) groups is 2. The van der Waals surface area contributed by atoms with Gasteiger partial charge >= 0.3 is 0 Å². The maximum absolute atomic E-state index is 14.0. The largest absolute Gasteiger partial charge is 0.367 e. The lowest BCUT2D eigenvalue weighted by molar-refractivity contribution is -0.130. The molecule has 2 amide bonds. The van der Waals surface area contributed by atoms with Crippen molar-refractivity contribution in [3.05, 3.63) is 76.2 Å². The van der Waals surface area contributed by atoms with Crippen molar-refractivity contribution in [3.63, 3.8) is 0 Å². The third-order valence-corrected chi connectivity index (χ3v) is 8.30. The first-order valence-electron chi connectivity index (χ1n) is 12.0. The van der Waals surface area contributed by atoms with Crippen molar-refractivity contribution < 1.29 is 14.3 Å². The summed E-state index contributed by atoms with van der Waals surface area (Å²) in [5.74, 6) is -1.66. The topological polar surface area (TPSA) is 92.4 Å². The number of hydrogen-bond acceptors (Lipinski definition) is 5. The van der Waals surface area contributed by atoms with Gasteiger partial charge in [-0.15, -0.1) is 0 Å². The van der Waals surface area contributed by atoms with E-state index in [1.165, 1.54) is 11.0 Å². The average Bonchev–Trinajstić information content (AvgIpc) is 3.43. The molecule has 3 fully saturated rings. The molecular formula is C28H25N3O4. The Bertz CT molecular complexity index is 1520. The number of pyridine rings is 1. The van der Waals surface area contributed by atoms with Gasteiger partial charge in [-0.1, -0.05) is 30.3 Å². The van der Waals surface area contributed by atoms with Crippen molar-refractivity contribution in [2.45, 2.75) is 50.9 Å². The first-order chi connectivity index (χ1) is 16.8. The summed E-state index contributed by atoms with van der Waals surface area (Å²) < 4.78 is 8.24. The van der Waals surface area contributed by atoms with Gasteiger partial charge in [0.15, 0.2) is 0 Å². The number of rotatable bonds is 4. The molecule has 0 spiro atoms. The van der Waals surface area contributed by atoms with E-state index in [9.17, 15) is 19.6 Å². The summed E-state index contributed by atoms with van der Waals surface area (Å²) >= 11 is 0. The minimum absolute atomic E-state index is 0.0868. The number of benzene rings is 2. The minimum Gasteiger partial charge on any atom is -0.367 e. The number of ether oxygens (including phenoxy) is 1. The minimum atomic E-state index is -0.787. The normalized spacial score (nSPS) is 29.1. The summed E-state index contributed by atoms with van der Waals surface area (Å²) in [7, 11) is 0. The molecule has 7 heteroatoms. The van der Waals surface area contributed by atoms with E-state index in [1.54, 1.807) is 22.8 Å². The number of aryl methyl sites for hydroxylation is 1. The van der Waals surface area contributed by atoms with Gasteiger partial charge in [-0.25, -0.2) is 4.90 Å². The number of imide groups is 1. The SMILES string of the molecule is Cc1cccc(=O)n1CC[C@@]12CC[C@@](C)(O1)[C@H]1C(=O)N(c3ccc(C#N)c4ccccc34)C(=O)[C@H]12. The van der Waals surface area contributed by atoms with Crippen molar-refractivity contribution in [2.24, 2.45) is 11.8 Å². The first-order valence-corrected chi connectivity index (χ1v) is 12.0. The predicted octanol–water partition coefficient (Wildman–Crippen LogP) is 3.70. The van der Waals surface area contributed by atoms with Crippen molar-refractivity contribution >= 4 is 28.3 Å². The summed E-state index contributed by atoms with van der Waals surface area (Å²) in [4.78, 5) is 41.5. The van der Waals surface area contributed by atoms with Crippen molar-refractivity contribution in [2.75, 3.05) is 4.90 Å². The Hall–Kier alpha value is -3.76. The highest BCUT2D eigenvalue weighted by Gasteiger charge is 2.73. The lowest BCUT2D eigenvalue weighted by Gasteiger charge is -2.31. The molecule has 2 bridgehead atoms. The standard InChI is InChI=1S/C28H25N3O4/c1-17-6-5-9-22(32)30(17)15-14-28-13-12-27(2,35-28)23-24(28)26(34)31(25(23)33)21-11-10-18(16-29)19-7-3-4-8-20(19)21/h3-11,23-24H,12-15H2,1-2H3/t23-,24+,27-,28-/m1/s1. The van der Waals surface area contributed by atoms with E-state index >= 15 is 0 Å². The van der Waals surface area contributed by atoms with Crippen LogP contribution in [0.15, 0.2) is 59.4 Å². The highest BCUT2D eigenvalue weighted by molar-refractivity contribution is 6.26. The highest BCUT2D eigenvalue weighted by atomic mass is 16.5. The van der Waals surface area contributed by atoms with Crippen molar-refractivity contribution in [3.8, 4) is 6.07 Å². The van der Waals surface area contributed by atoms with Gasteiger partial charge in [0, 0.05) is 29.1 Å². The Balaban J connectivity index is 1.41. The molecule has 176 valence electrons.